The molecule has 6 N–H and O–H groups in total. The van der Waals surface area contributed by atoms with E-state index in [1.165, 1.54) is 94.0 Å². The van der Waals surface area contributed by atoms with E-state index in [1.807, 2.05) is 6.07 Å². The Morgan fingerprint density at radius 1 is 0.895 bits per heavy atom. The minimum Gasteiger partial charge on any atom is -0.388 e. The van der Waals surface area contributed by atoms with Crippen molar-refractivity contribution in [2.45, 2.75) is 159 Å². The van der Waals surface area contributed by atoms with Crippen molar-refractivity contribution in [2.75, 3.05) is 18.9 Å². The summed E-state index contributed by atoms with van der Waals surface area (Å²) in [6, 6.07) is 13.7. The summed E-state index contributed by atoms with van der Waals surface area (Å²) in [4.78, 5) is 23.9. The van der Waals surface area contributed by atoms with Crippen molar-refractivity contribution in [3.8, 4) is 12.1 Å². The smallest absolute Gasteiger partial charge is 0.388 e. The third-order valence-electron chi connectivity index (χ3n) is 10.6. The Kier molecular flexibility index (Phi) is 19.3. The monoisotopic (exact) mass is 812 g/mol. The van der Waals surface area contributed by atoms with Crippen LogP contribution in [0.1, 0.15) is 133 Å². The number of nitrogens with zero attached hydrogens (tertiary/aromatic N) is 5. The Balaban J connectivity index is 1.32. The summed E-state index contributed by atoms with van der Waals surface area (Å²) in [5.41, 5.74) is 5.43. The largest absolute Gasteiger partial charge is 0.469 e. The van der Waals surface area contributed by atoms with Gasteiger partial charge in [0.1, 0.15) is 30.1 Å². The Bertz CT molecular complexity index is 1760. The first-order chi connectivity index (χ1) is 27.5. The number of fused-ring (bicyclic) bond motifs is 1. The van der Waals surface area contributed by atoms with E-state index < -0.39 is 43.9 Å². The highest BCUT2D eigenvalue weighted by atomic mass is 31.2. The van der Waals surface area contributed by atoms with Gasteiger partial charge in [-0.2, -0.15) is 15.6 Å². The topological polar surface area (TPSA) is 239 Å². The lowest BCUT2D eigenvalue weighted by molar-refractivity contribution is -0.0969. The SMILES string of the molecule is CCCCCCCCCCCCCCCCCOCCC(OCc1ccc(C#N)cc1)C(C[C@H]1O[C@@](C#N)(c2ccc3c(N)ncnn23)[C@H](O)[C@@H]1O)OP(=O)(O)O. The Hall–Kier alpha value is -3.47. The van der Waals surface area contributed by atoms with Gasteiger partial charge in [0, 0.05) is 19.6 Å². The number of nitrogens with two attached hydrogens (primary N) is 1. The number of nitrogen functional groups attached to an aromatic ring is 1. The molecule has 0 saturated carbocycles. The first-order valence-electron chi connectivity index (χ1n) is 20.5. The van der Waals surface area contributed by atoms with Crippen LogP contribution in [0.15, 0.2) is 42.7 Å². The summed E-state index contributed by atoms with van der Waals surface area (Å²) in [5, 5.41) is 46.2. The molecule has 6 atom stereocenters. The summed E-state index contributed by atoms with van der Waals surface area (Å²) < 4.78 is 37.1. The van der Waals surface area contributed by atoms with Crippen LogP contribution in [0, 0.1) is 22.7 Å². The highest BCUT2D eigenvalue weighted by molar-refractivity contribution is 7.46. The summed E-state index contributed by atoms with van der Waals surface area (Å²) in [5.74, 6) is 0.119. The number of aromatic nitrogens is 3. The van der Waals surface area contributed by atoms with E-state index in [-0.39, 0.29) is 37.6 Å². The van der Waals surface area contributed by atoms with Gasteiger partial charge in [0.05, 0.1) is 42.2 Å². The molecule has 314 valence electrons. The van der Waals surface area contributed by atoms with Crippen molar-refractivity contribution in [2.24, 2.45) is 0 Å². The lowest BCUT2D eigenvalue weighted by Gasteiger charge is -2.30. The molecule has 0 bridgehead atoms. The van der Waals surface area contributed by atoms with Crippen LogP contribution in [0.2, 0.25) is 0 Å². The fourth-order valence-electron chi connectivity index (χ4n) is 7.41. The number of phosphoric ester groups is 1. The van der Waals surface area contributed by atoms with Crippen molar-refractivity contribution in [1.82, 2.24) is 14.6 Å². The first kappa shape index (κ1) is 46.2. The predicted octanol–water partition coefficient (Wildman–Crippen LogP) is 6.75. The maximum Gasteiger partial charge on any atom is 0.469 e. The number of benzene rings is 1. The maximum atomic E-state index is 12.3. The minimum atomic E-state index is -5.13. The van der Waals surface area contributed by atoms with Crippen LogP contribution in [0.25, 0.3) is 5.52 Å². The molecule has 1 fully saturated rings. The van der Waals surface area contributed by atoms with E-state index in [1.54, 1.807) is 30.3 Å². The number of hydrogen-bond donors (Lipinski definition) is 5. The molecule has 0 aliphatic carbocycles. The average Bonchev–Trinajstić information content (AvgIpc) is 3.74. The Morgan fingerprint density at radius 3 is 2.09 bits per heavy atom. The van der Waals surface area contributed by atoms with Gasteiger partial charge >= 0.3 is 7.82 Å². The average molecular weight is 813 g/mol. The molecule has 3 heterocycles. The molecule has 1 saturated heterocycles. The molecule has 16 heteroatoms. The van der Waals surface area contributed by atoms with Crippen molar-refractivity contribution in [3.05, 3.63) is 59.5 Å². The number of anilines is 1. The summed E-state index contributed by atoms with van der Waals surface area (Å²) >= 11 is 0. The standard InChI is InChI=1S/C41H61N6O9P/c1-2-3-4-5-6-7-8-9-10-11-12-13-14-15-16-24-53-25-23-34(54-28-32-19-17-31(27-42)18-20-32)35(56-57(50,51)52)26-36-38(48)39(49)41(29-43,55-36)37-22-21-33-40(44)45-30-46-47(33)37/h17-22,30,34-36,38-39,48-49H,2-16,23-26,28H2,1H3,(H2,44,45,46)(H2,50,51,52)/t34?,35?,36-,38-,39-,41+/m1/s1. The van der Waals surface area contributed by atoms with Crippen LogP contribution in [0.4, 0.5) is 5.82 Å². The number of rotatable bonds is 28. The van der Waals surface area contributed by atoms with Crippen LogP contribution in [-0.2, 0) is 35.5 Å². The Labute approximate surface area is 336 Å². The van der Waals surface area contributed by atoms with E-state index >= 15 is 0 Å². The number of aliphatic hydroxyl groups is 2. The van der Waals surface area contributed by atoms with E-state index in [0.29, 0.717) is 23.3 Å². The highest BCUT2D eigenvalue weighted by Gasteiger charge is 2.58. The molecule has 57 heavy (non-hydrogen) atoms. The fourth-order valence-corrected chi connectivity index (χ4v) is 7.98. The molecule has 3 aromatic rings. The second-order valence-electron chi connectivity index (χ2n) is 15.0. The third kappa shape index (κ3) is 14.1. The molecular formula is C41H61N6O9P. The zero-order chi connectivity index (χ0) is 41.1. The molecule has 4 rings (SSSR count). The number of hydrogen-bond acceptors (Lipinski definition) is 12. The van der Waals surface area contributed by atoms with Crippen molar-refractivity contribution >= 4 is 19.2 Å². The Morgan fingerprint density at radius 2 is 1.51 bits per heavy atom. The minimum absolute atomic E-state index is 0.00650. The van der Waals surface area contributed by atoms with Crippen molar-refractivity contribution in [3.63, 3.8) is 0 Å². The lowest BCUT2D eigenvalue weighted by Crippen LogP contribution is -2.41. The van der Waals surface area contributed by atoms with Crippen LogP contribution in [0.5, 0.6) is 0 Å². The normalized spacial score (nSPS) is 20.7. The van der Waals surface area contributed by atoms with Gasteiger partial charge in [-0.25, -0.2) is 14.1 Å². The molecule has 2 aromatic heterocycles. The van der Waals surface area contributed by atoms with Gasteiger partial charge in [-0.15, -0.1) is 0 Å². The molecular weight excluding hydrogens is 751 g/mol. The number of unbranched alkanes of at least 4 members (excludes halogenated alkanes) is 14. The van der Waals surface area contributed by atoms with Crippen molar-refractivity contribution < 1.29 is 43.3 Å². The molecule has 0 spiro atoms. The van der Waals surface area contributed by atoms with Gasteiger partial charge in [0.25, 0.3) is 0 Å². The van der Waals surface area contributed by atoms with Gasteiger partial charge in [0.15, 0.2) is 5.82 Å². The van der Waals surface area contributed by atoms with E-state index in [2.05, 4.69) is 23.1 Å². The maximum absolute atomic E-state index is 12.3. The van der Waals surface area contributed by atoms with E-state index in [4.69, 9.17) is 24.5 Å². The summed E-state index contributed by atoms with van der Waals surface area (Å²) in [7, 11) is -5.13. The molecule has 2 unspecified atom stereocenters. The van der Waals surface area contributed by atoms with Gasteiger partial charge in [-0.1, -0.05) is 109 Å². The number of phosphoric acid groups is 1. The first-order valence-corrected chi connectivity index (χ1v) is 22.0. The van der Waals surface area contributed by atoms with Crippen LogP contribution in [0.3, 0.4) is 0 Å². The van der Waals surface area contributed by atoms with Gasteiger partial charge in [0.2, 0.25) is 5.60 Å². The molecule has 1 aliphatic rings. The second kappa shape index (κ2) is 23.8. The van der Waals surface area contributed by atoms with Crippen LogP contribution >= 0.6 is 7.82 Å². The van der Waals surface area contributed by atoms with Gasteiger partial charge < -0.3 is 39.9 Å². The van der Waals surface area contributed by atoms with E-state index in [9.17, 15) is 35.1 Å². The van der Waals surface area contributed by atoms with Gasteiger partial charge in [-0.3, -0.25) is 4.52 Å². The molecule has 0 radical (unpaired) electrons. The van der Waals surface area contributed by atoms with Crippen LogP contribution < -0.4 is 5.73 Å². The summed E-state index contributed by atoms with van der Waals surface area (Å²) in [6.07, 6.45) is 12.7. The molecule has 1 aromatic carbocycles. The van der Waals surface area contributed by atoms with Crippen molar-refractivity contribution in [1.29, 1.82) is 10.5 Å². The lowest BCUT2D eigenvalue weighted by atomic mass is 9.91. The number of aliphatic hydroxyl groups excluding tert-OH is 2. The third-order valence-corrected chi connectivity index (χ3v) is 11.2. The predicted molar refractivity (Wildman–Crippen MR) is 213 cm³/mol. The molecule has 1 aliphatic heterocycles. The highest BCUT2D eigenvalue weighted by Crippen LogP contribution is 2.45. The quantitative estimate of drug-likeness (QED) is 0.0376. The molecule has 0 amide bonds. The zero-order valence-corrected chi connectivity index (χ0v) is 34.1. The molecule has 15 nitrogen and oxygen atoms in total. The fraction of sp³-hybridized carbons (Fsp3) is 0.659. The second-order valence-corrected chi connectivity index (χ2v) is 16.2. The summed E-state index contributed by atoms with van der Waals surface area (Å²) in [6.45, 7) is 2.95. The van der Waals surface area contributed by atoms with Crippen LogP contribution in [-0.4, -0.2) is 78.3 Å². The van der Waals surface area contributed by atoms with Gasteiger partial charge in [-0.05, 0) is 42.7 Å². The number of nitriles is 2. The number of ether oxygens (including phenoxy) is 3. The zero-order valence-electron chi connectivity index (χ0n) is 33.2. The van der Waals surface area contributed by atoms with E-state index in [0.717, 1.165) is 19.3 Å².